The standard InChI is InChI=1S/C19H23NO4S2/c1-3-24-17-7-5-4-6-16(17)19(21)20(12-18-14(2)8-10-25-18)15-9-11-26(22,23)13-15/h4-8,10,15H,3,9,11-13H2,1-2H3/t15-/m0/s1. The molecule has 0 radical (unpaired) electrons. The number of para-hydroxylation sites is 1. The second-order valence-corrected chi connectivity index (χ2v) is 9.68. The van der Waals surface area contributed by atoms with Gasteiger partial charge in [0.25, 0.3) is 5.91 Å². The summed E-state index contributed by atoms with van der Waals surface area (Å²) < 4.78 is 29.6. The van der Waals surface area contributed by atoms with E-state index in [0.29, 0.717) is 30.9 Å². The summed E-state index contributed by atoms with van der Waals surface area (Å²) >= 11 is 1.59. The number of rotatable bonds is 6. The Labute approximate surface area is 158 Å². The Bertz CT molecular complexity index is 888. The number of carbonyl (C=O) groups is 1. The van der Waals surface area contributed by atoms with Crippen molar-refractivity contribution < 1.29 is 17.9 Å². The van der Waals surface area contributed by atoms with Crippen molar-refractivity contribution in [3.63, 3.8) is 0 Å². The molecule has 7 heteroatoms. The minimum absolute atomic E-state index is 0.0277. The largest absolute Gasteiger partial charge is 0.493 e. The molecule has 1 atom stereocenters. The van der Waals surface area contributed by atoms with Crippen molar-refractivity contribution in [3.8, 4) is 5.75 Å². The monoisotopic (exact) mass is 393 g/mol. The van der Waals surface area contributed by atoms with Gasteiger partial charge in [-0.2, -0.15) is 0 Å². The van der Waals surface area contributed by atoms with E-state index in [1.807, 2.05) is 31.4 Å². The molecule has 0 saturated carbocycles. The zero-order valence-corrected chi connectivity index (χ0v) is 16.6. The first-order chi connectivity index (χ1) is 12.4. The van der Waals surface area contributed by atoms with Gasteiger partial charge in [0, 0.05) is 10.9 Å². The number of benzene rings is 1. The van der Waals surface area contributed by atoms with Crippen molar-refractivity contribution in [3.05, 3.63) is 51.7 Å². The quantitative estimate of drug-likeness (QED) is 0.755. The zero-order chi connectivity index (χ0) is 18.7. The van der Waals surface area contributed by atoms with Gasteiger partial charge < -0.3 is 9.64 Å². The minimum Gasteiger partial charge on any atom is -0.493 e. The molecule has 2 heterocycles. The van der Waals surface area contributed by atoms with E-state index in [-0.39, 0.29) is 23.5 Å². The van der Waals surface area contributed by atoms with Gasteiger partial charge in [0.1, 0.15) is 5.75 Å². The van der Waals surface area contributed by atoms with Crippen LogP contribution in [0, 0.1) is 6.92 Å². The van der Waals surface area contributed by atoms with Crippen LogP contribution in [0.3, 0.4) is 0 Å². The molecule has 26 heavy (non-hydrogen) atoms. The van der Waals surface area contributed by atoms with Gasteiger partial charge in [-0.25, -0.2) is 8.42 Å². The summed E-state index contributed by atoms with van der Waals surface area (Å²) in [7, 11) is -3.09. The molecule has 1 aromatic carbocycles. The van der Waals surface area contributed by atoms with Crippen molar-refractivity contribution in [2.24, 2.45) is 0 Å². The van der Waals surface area contributed by atoms with Gasteiger partial charge in [-0.3, -0.25) is 4.79 Å². The highest BCUT2D eigenvalue weighted by molar-refractivity contribution is 7.91. The summed E-state index contributed by atoms with van der Waals surface area (Å²) in [6, 6.07) is 8.86. The lowest BCUT2D eigenvalue weighted by molar-refractivity contribution is 0.0678. The second-order valence-electron chi connectivity index (χ2n) is 6.45. The third-order valence-corrected chi connectivity index (χ3v) is 7.37. The minimum atomic E-state index is -3.09. The molecule has 3 rings (SSSR count). The number of hydrogen-bond donors (Lipinski definition) is 0. The Morgan fingerprint density at radius 1 is 1.31 bits per heavy atom. The fourth-order valence-electron chi connectivity index (χ4n) is 3.19. The second kappa shape index (κ2) is 7.80. The van der Waals surface area contributed by atoms with Crippen LogP contribution < -0.4 is 4.74 Å². The van der Waals surface area contributed by atoms with E-state index in [2.05, 4.69) is 0 Å². The highest BCUT2D eigenvalue weighted by Crippen LogP contribution is 2.28. The topological polar surface area (TPSA) is 63.7 Å². The molecule has 140 valence electrons. The first kappa shape index (κ1) is 18.9. The van der Waals surface area contributed by atoms with Gasteiger partial charge in [-0.05, 0) is 49.4 Å². The van der Waals surface area contributed by atoms with Crippen LogP contribution in [-0.4, -0.2) is 43.4 Å². The van der Waals surface area contributed by atoms with Gasteiger partial charge in [-0.15, -0.1) is 11.3 Å². The number of hydrogen-bond acceptors (Lipinski definition) is 5. The predicted octanol–water partition coefficient (Wildman–Crippen LogP) is 3.28. The molecule has 1 aliphatic rings. The Morgan fingerprint density at radius 3 is 2.69 bits per heavy atom. The number of nitrogens with zero attached hydrogens (tertiary/aromatic N) is 1. The van der Waals surface area contributed by atoms with E-state index in [1.54, 1.807) is 34.4 Å². The number of thiophene rings is 1. The van der Waals surface area contributed by atoms with Gasteiger partial charge in [0.05, 0.1) is 30.2 Å². The molecular formula is C19H23NO4S2. The molecule has 1 aromatic heterocycles. The number of aryl methyl sites for hydroxylation is 1. The number of sulfone groups is 1. The molecule has 0 bridgehead atoms. The first-order valence-electron chi connectivity index (χ1n) is 8.67. The molecule has 0 N–H and O–H groups in total. The SMILES string of the molecule is CCOc1ccccc1C(=O)N(Cc1sccc1C)[C@H]1CCS(=O)(=O)C1. The van der Waals surface area contributed by atoms with Gasteiger partial charge in [-0.1, -0.05) is 12.1 Å². The lowest BCUT2D eigenvalue weighted by Gasteiger charge is -2.29. The number of amides is 1. The average Bonchev–Trinajstić information content (AvgIpc) is 3.18. The van der Waals surface area contributed by atoms with Crippen LogP contribution >= 0.6 is 11.3 Å². The number of ether oxygens (including phenoxy) is 1. The van der Waals surface area contributed by atoms with E-state index in [9.17, 15) is 13.2 Å². The molecule has 0 unspecified atom stereocenters. The third kappa shape index (κ3) is 4.10. The molecule has 0 aliphatic carbocycles. The predicted molar refractivity (Wildman–Crippen MR) is 104 cm³/mol. The van der Waals surface area contributed by atoms with E-state index < -0.39 is 9.84 Å². The maximum absolute atomic E-state index is 13.3. The zero-order valence-electron chi connectivity index (χ0n) is 15.0. The van der Waals surface area contributed by atoms with Crippen LogP contribution in [0.15, 0.2) is 35.7 Å². The van der Waals surface area contributed by atoms with E-state index in [1.165, 1.54) is 0 Å². The van der Waals surface area contributed by atoms with E-state index >= 15 is 0 Å². The molecule has 1 saturated heterocycles. The maximum Gasteiger partial charge on any atom is 0.258 e. The summed E-state index contributed by atoms with van der Waals surface area (Å²) in [5.74, 6) is 0.524. The fraction of sp³-hybridized carbons (Fsp3) is 0.421. The van der Waals surface area contributed by atoms with E-state index in [0.717, 1.165) is 10.4 Å². The van der Waals surface area contributed by atoms with Crippen LogP contribution in [0.5, 0.6) is 5.75 Å². The molecule has 2 aromatic rings. The summed E-state index contributed by atoms with van der Waals surface area (Å²) in [6.07, 6.45) is 0.481. The summed E-state index contributed by atoms with van der Waals surface area (Å²) in [5.41, 5.74) is 1.60. The van der Waals surface area contributed by atoms with Crippen LogP contribution in [-0.2, 0) is 16.4 Å². The summed E-state index contributed by atoms with van der Waals surface area (Å²) in [6.45, 7) is 4.76. The Hall–Kier alpha value is -1.86. The van der Waals surface area contributed by atoms with Crippen molar-refractivity contribution in [1.29, 1.82) is 0 Å². The van der Waals surface area contributed by atoms with Crippen LogP contribution in [0.1, 0.15) is 34.1 Å². The maximum atomic E-state index is 13.3. The molecule has 1 amide bonds. The smallest absolute Gasteiger partial charge is 0.258 e. The highest BCUT2D eigenvalue weighted by atomic mass is 32.2. The van der Waals surface area contributed by atoms with E-state index in [4.69, 9.17) is 4.74 Å². The lowest BCUT2D eigenvalue weighted by atomic mass is 10.1. The Balaban J connectivity index is 1.95. The van der Waals surface area contributed by atoms with Crippen LogP contribution in [0.4, 0.5) is 0 Å². The molecule has 5 nitrogen and oxygen atoms in total. The summed E-state index contributed by atoms with van der Waals surface area (Å²) in [5, 5.41) is 1.99. The molecule has 1 aliphatic heterocycles. The lowest BCUT2D eigenvalue weighted by Crippen LogP contribution is -2.40. The van der Waals surface area contributed by atoms with Crippen molar-refractivity contribution in [2.45, 2.75) is 32.9 Å². The summed E-state index contributed by atoms with van der Waals surface area (Å²) in [4.78, 5) is 16.1. The van der Waals surface area contributed by atoms with Crippen molar-refractivity contribution in [1.82, 2.24) is 4.90 Å². The third-order valence-electron chi connectivity index (χ3n) is 4.61. The van der Waals surface area contributed by atoms with Gasteiger partial charge >= 0.3 is 0 Å². The molecule has 1 fully saturated rings. The highest BCUT2D eigenvalue weighted by Gasteiger charge is 2.36. The van der Waals surface area contributed by atoms with Crippen LogP contribution in [0.25, 0.3) is 0 Å². The van der Waals surface area contributed by atoms with Gasteiger partial charge in [0.15, 0.2) is 9.84 Å². The normalized spacial score (nSPS) is 18.6. The van der Waals surface area contributed by atoms with Crippen molar-refractivity contribution in [2.75, 3.05) is 18.1 Å². The first-order valence-corrected chi connectivity index (χ1v) is 11.4. The Morgan fingerprint density at radius 2 is 2.08 bits per heavy atom. The average molecular weight is 394 g/mol. The Kier molecular flexibility index (Phi) is 5.67. The van der Waals surface area contributed by atoms with Crippen LogP contribution in [0.2, 0.25) is 0 Å². The number of carbonyl (C=O) groups excluding carboxylic acids is 1. The molecule has 0 spiro atoms. The van der Waals surface area contributed by atoms with Crippen molar-refractivity contribution >= 4 is 27.1 Å². The molecular weight excluding hydrogens is 370 g/mol. The van der Waals surface area contributed by atoms with Gasteiger partial charge in [0.2, 0.25) is 0 Å². The fourth-order valence-corrected chi connectivity index (χ4v) is 5.82.